The lowest BCUT2D eigenvalue weighted by atomic mass is 9.83. The van der Waals surface area contributed by atoms with E-state index in [-0.39, 0.29) is 6.04 Å². The third-order valence-corrected chi connectivity index (χ3v) is 5.82. The highest BCUT2D eigenvalue weighted by Crippen LogP contribution is 2.44. The SMILES string of the molecule is C=CCC1=c2ccc(OC)c(OC)c2=CN2CCc3cc4c(cc3C12)OCO4. The van der Waals surface area contributed by atoms with Gasteiger partial charge in [-0.3, -0.25) is 0 Å². The van der Waals surface area contributed by atoms with E-state index >= 15 is 0 Å². The molecule has 3 heterocycles. The zero-order valence-electron chi connectivity index (χ0n) is 16.2. The topological polar surface area (TPSA) is 40.2 Å². The standard InChI is InChI=1S/C23H23NO4/c1-4-5-16-15-6-7-19(25-2)23(26-3)18(15)12-24-9-8-14-10-20-21(28-13-27-20)11-17(14)22(16)24/h4,6-7,10-12,22H,1,5,8-9,13H2,2-3H3. The van der Waals surface area contributed by atoms with Gasteiger partial charge in [-0.15, -0.1) is 6.58 Å². The minimum Gasteiger partial charge on any atom is -0.493 e. The van der Waals surface area contributed by atoms with Gasteiger partial charge in [0, 0.05) is 18.0 Å². The molecule has 0 fully saturated rings. The van der Waals surface area contributed by atoms with Gasteiger partial charge >= 0.3 is 0 Å². The first kappa shape index (κ1) is 17.0. The number of rotatable bonds is 4. The molecule has 3 aliphatic rings. The summed E-state index contributed by atoms with van der Waals surface area (Å²) in [7, 11) is 3.36. The number of methoxy groups -OCH3 is 2. The molecule has 0 spiro atoms. The van der Waals surface area contributed by atoms with Crippen LogP contribution in [-0.4, -0.2) is 32.5 Å². The number of hydrogen-bond acceptors (Lipinski definition) is 5. The Morgan fingerprint density at radius 3 is 2.75 bits per heavy atom. The summed E-state index contributed by atoms with van der Waals surface area (Å²) in [4.78, 5) is 2.40. The van der Waals surface area contributed by atoms with Crippen LogP contribution in [0.5, 0.6) is 23.0 Å². The predicted molar refractivity (Wildman–Crippen MR) is 107 cm³/mol. The normalized spacial score (nSPS) is 18.6. The summed E-state index contributed by atoms with van der Waals surface area (Å²) in [5.74, 6) is 3.20. The quantitative estimate of drug-likeness (QED) is 0.766. The molecule has 0 saturated heterocycles. The van der Waals surface area contributed by atoms with Gasteiger partial charge in [-0.2, -0.15) is 0 Å². The first-order valence-corrected chi connectivity index (χ1v) is 9.50. The summed E-state index contributed by atoms with van der Waals surface area (Å²) < 4.78 is 22.5. The molecule has 0 radical (unpaired) electrons. The van der Waals surface area contributed by atoms with Crippen LogP contribution in [0.1, 0.15) is 23.6 Å². The van der Waals surface area contributed by atoms with Crippen LogP contribution in [0.15, 0.2) is 36.9 Å². The Kier molecular flexibility index (Phi) is 3.97. The highest BCUT2D eigenvalue weighted by Gasteiger charge is 2.33. The van der Waals surface area contributed by atoms with Crippen molar-refractivity contribution >= 4 is 11.8 Å². The monoisotopic (exact) mass is 377 g/mol. The molecule has 5 nitrogen and oxygen atoms in total. The molecule has 28 heavy (non-hydrogen) atoms. The van der Waals surface area contributed by atoms with E-state index in [2.05, 4.69) is 35.9 Å². The maximum absolute atomic E-state index is 5.71. The molecule has 0 amide bonds. The second-order valence-electron chi connectivity index (χ2n) is 7.20. The number of allylic oxidation sites excluding steroid dienone is 1. The molecule has 0 bridgehead atoms. The van der Waals surface area contributed by atoms with Gasteiger partial charge in [0.05, 0.1) is 20.3 Å². The van der Waals surface area contributed by atoms with Crippen molar-refractivity contribution in [3.05, 3.63) is 58.5 Å². The lowest BCUT2D eigenvalue weighted by Gasteiger charge is -2.40. The average molecular weight is 377 g/mol. The fourth-order valence-corrected chi connectivity index (χ4v) is 4.60. The van der Waals surface area contributed by atoms with Crippen LogP contribution in [0.2, 0.25) is 0 Å². The molecule has 0 N–H and O–H groups in total. The van der Waals surface area contributed by atoms with Crippen LogP contribution in [0.25, 0.3) is 11.8 Å². The molecule has 2 aromatic carbocycles. The van der Waals surface area contributed by atoms with Crippen molar-refractivity contribution in [1.29, 1.82) is 0 Å². The van der Waals surface area contributed by atoms with Gasteiger partial charge in [0.2, 0.25) is 6.79 Å². The first-order chi connectivity index (χ1) is 13.7. The van der Waals surface area contributed by atoms with E-state index in [1.54, 1.807) is 14.2 Å². The molecule has 0 saturated carbocycles. The number of benzene rings is 2. The van der Waals surface area contributed by atoms with Crippen LogP contribution in [0, 0.1) is 0 Å². The van der Waals surface area contributed by atoms with Gasteiger partial charge < -0.3 is 23.8 Å². The van der Waals surface area contributed by atoms with Gasteiger partial charge in [0.25, 0.3) is 0 Å². The van der Waals surface area contributed by atoms with Crippen molar-refractivity contribution < 1.29 is 18.9 Å². The van der Waals surface area contributed by atoms with Crippen molar-refractivity contribution in [1.82, 2.24) is 4.90 Å². The minimum absolute atomic E-state index is 0.154. The lowest BCUT2D eigenvalue weighted by molar-refractivity contribution is 0.174. The van der Waals surface area contributed by atoms with E-state index in [1.807, 2.05) is 12.1 Å². The predicted octanol–water partition coefficient (Wildman–Crippen LogP) is 2.51. The summed E-state index contributed by atoms with van der Waals surface area (Å²) in [5.41, 5.74) is 3.92. The maximum Gasteiger partial charge on any atom is 0.231 e. The molecule has 1 atom stereocenters. The molecule has 5 heteroatoms. The Hall–Kier alpha value is -3.08. The van der Waals surface area contributed by atoms with Crippen molar-refractivity contribution in [2.75, 3.05) is 27.6 Å². The molecule has 2 aromatic rings. The Bertz CT molecular complexity index is 1090. The Morgan fingerprint density at radius 2 is 2.00 bits per heavy atom. The highest BCUT2D eigenvalue weighted by molar-refractivity contribution is 5.66. The zero-order valence-corrected chi connectivity index (χ0v) is 16.2. The first-order valence-electron chi connectivity index (χ1n) is 9.50. The molecule has 3 aliphatic heterocycles. The molecule has 5 rings (SSSR count). The minimum atomic E-state index is 0.154. The van der Waals surface area contributed by atoms with Crippen molar-refractivity contribution in [3.63, 3.8) is 0 Å². The number of hydrogen-bond donors (Lipinski definition) is 0. The molecule has 0 aliphatic carbocycles. The fourth-order valence-electron chi connectivity index (χ4n) is 4.60. The van der Waals surface area contributed by atoms with Gasteiger partial charge in [0.15, 0.2) is 23.0 Å². The van der Waals surface area contributed by atoms with E-state index in [4.69, 9.17) is 18.9 Å². The highest BCUT2D eigenvalue weighted by atomic mass is 16.7. The van der Waals surface area contributed by atoms with Gasteiger partial charge in [0.1, 0.15) is 0 Å². The van der Waals surface area contributed by atoms with Crippen LogP contribution in [0.3, 0.4) is 0 Å². The lowest BCUT2D eigenvalue weighted by Crippen LogP contribution is -2.44. The van der Waals surface area contributed by atoms with Crippen molar-refractivity contribution in [3.8, 4) is 23.0 Å². The third-order valence-electron chi connectivity index (χ3n) is 5.82. The van der Waals surface area contributed by atoms with Crippen LogP contribution in [0.4, 0.5) is 0 Å². The fraction of sp³-hybridized carbons (Fsp3) is 0.304. The third kappa shape index (κ3) is 2.39. The number of fused-ring (bicyclic) bond motifs is 5. The Morgan fingerprint density at radius 1 is 1.18 bits per heavy atom. The van der Waals surface area contributed by atoms with Gasteiger partial charge in [-0.25, -0.2) is 0 Å². The van der Waals surface area contributed by atoms with E-state index in [0.29, 0.717) is 6.79 Å². The summed E-state index contributed by atoms with van der Waals surface area (Å²) in [5, 5.41) is 2.25. The van der Waals surface area contributed by atoms with Gasteiger partial charge in [-0.05, 0) is 53.0 Å². The molecule has 0 aromatic heterocycles. The van der Waals surface area contributed by atoms with Crippen molar-refractivity contribution in [2.24, 2.45) is 0 Å². The van der Waals surface area contributed by atoms with Crippen molar-refractivity contribution in [2.45, 2.75) is 18.9 Å². The van der Waals surface area contributed by atoms with Gasteiger partial charge in [-0.1, -0.05) is 12.1 Å². The number of nitrogens with zero attached hydrogens (tertiary/aromatic N) is 1. The second kappa shape index (κ2) is 6.51. The summed E-state index contributed by atoms with van der Waals surface area (Å²) in [6.07, 6.45) is 5.94. The number of ether oxygens (including phenoxy) is 4. The molecular weight excluding hydrogens is 354 g/mol. The molecule has 144 valence electrons. The summed E-state index contributed by atoms with van der Waals surface area (Å²) in [6, 6.07) is 8.56. The second-order valence-corrected chi connectivity index (χ2v) is 7.20. The molecular formula is C23H23NO4. The Balaban J connectivity index is 1.78. The van der Waals surface area contributed by atoms with Crippen LogP contribution < -0.4 is 29.4 Å². The Labute approximate surface area is 164 Å². The van der Waals surface area contributed by atoms with E-state index in [1.165, 1.54) is 21.9 Å². The van der Waals surface area contributed by atoms with E-state index in [9.17, 15) is 0 Å². The average Bonchev–Trinajstić information content (AvgIpc) is 3.18. The van der Waals surface area contributed by atoms with E-state index < -0.39 is 0 Å². The smallest absolute Gasteiger partial charge is 0.231 e. The zero-order chi connectivity index (χ0) is 19.3. The van der Waals surface area contributed by atoms with Crippen LogP contribution in [-0.2, 0) is 6.42 Å². The summed E-state index contributed by atoms with van der Waals surface area (Å²) >= 11 is 0. The van der Waals surface area contributed by atoms with E-state index in [0.717, 1.165) is 47.6 Å². The summed E-state index contributed by atoms with van der Waals surface area (Å²) in [6.45, 7) is 5.23. The van der Waals surface area contributed by atoms with Crippen LogP contribution >= 0.6 is 0 Å². The molecule has 1 unspecified atom stereocenters. The maximum atomic E-state index is 5.71. The largest absolute Gasteiger partial charge is 0.493 e.